The van der Waals surface area contributed by atoms with Crippen LogP contribution in [0.2, 0.25) is 0 Å². The number of piperidine rings is 1. The molecule has 6 nitrogen and oxygen atoms in total. The molecule has 2 aliphatic rings. The van der Waals surface area contributed by atoms with E-state index in [4.69, 9.17) is 0 Å². The Morgan fingerprint density at radius 1 is 1.10 bits per heavy atom. The Bertz CT molecular complexity index is 858. The number of para-hydroxylation sites is 1. The summed E-state index contributed by atoms with van der Waals surface area (Å²) in [6.07, 6.45) is 5.62. The quantitative estimate of drug-likeness (QED) is 0.734. The second-order valence-electron chi connectivity index (χ2n) is 8.62. The van der Waals surface area contributed by atoms with Crippen molar-refractivity contribution in [3.63, 3.8) is 0 Å². The average molecular weight is 427 g/mol. The largest absolute Gasteiger partial charge is 0.481 e. The van der Waals surface area contributed by atoms with Gasteiger partial charge >= 0.3 is 5.97 Å². The summed E-state index contributed by atoms with van der Waals surface area (Å²) >= 11 is 0. The Labute approximate surface area is 183 Å². The number of hydrogen-bond donors (Lipinski definition) is 1. The predicted molar refractivity (Wildman–Crippen MR) is 118 cm³/mol. The molecule has 2 saturated heterocycles. The van der Waals surface area contributed by atoms with Crippen molar-refractivity contribution in [3.8, 4) is 0 Å². The number of carboxylic acids is 1. The molecule has 2 fully saturated rings. The topological polar surface area (TPSA) is 59.9 Å². The summed E-state index contributed by atoms with van der Waals surface area (Å²) < 4.78 is 14.2. The van der Waals surface area contributed by atoms with E-state index in [0.29, 0.717) is 24.1 Å². The number of rotatable bonds is 7. The molecule has 1 aromatic carbocycles. The van der Waals surface area contributed by atoms with Crippen molar-refractivity contribution >= 4 is 11.7 Å². The summed E-state index contributed by atoms with van der Waals surface area (Å²) in [6, 6.07) is 11.4. The van der Waals surface area contributed by atoms with Crippen molar-refractivity contribution in [1.29, 1.82) is 0 Å². The minimum atomic E-state index is -0.729. The number of anilines is 1. The van der Waals surface area contributed by atoms with Crippen LogP contribution in [0.25, 0.3) is 0 Å². The number of piperazine rings is 1. The molecule has 2 aromatic rings. The Morgan fingerprint density at radius 2 is 1.90 bits per heavy atom. The van der Waals surface area contributed by atoms with Crippen molar-refractivity contribution in [1.82, 2.24) is 14.8 Å². The highest BCUT2D eigenvalue weighted by Crippen LogP contribution is 2.29. The molecule has 7 heteroatoms. The maximum Gasteiger partial charge on any atom is 0.303 e. The molecular weight excluding hydrogens is 395 g/mol. The summed E-state index contributed by atoms with van der Waals surface area (Å²) in [7, 11) is 0. The molecule has 0 aliphatic carbocycles. The van der Waals surface area contributed by atoms with E-state index in [0.717, 1.165) is 52.2 Å². The Kier molecular flexibility index (Phi) is 7.14. The fourth-order valence-electron chi connectivity index (χ4n) is 5.06. The smallest absolute Gasteiger partial charge is 0.303 e. The molecule has 1 N–H and O–H groups in total. The van der Waals surface area contributed by atoms with Gasteiger partial charge < -0.3 is 10.0 Å². The average Bonchev–Trinajstić information content (AvgIpc) is 2.79. The summed E-state index contributed by atoms with van der Waals surface area (Å²) in [5.41, 5.74) is 1.87. The van der Waals surface area contributed by atoms with E-state index in [1.165, 1.54) is 11.6 Å². The van der Waals surface area contributed by atoms with Crippen molar-refractivity contribution < 1.29 is 14.3 Å². The van der Waals surface area contributed by atoms with Crippen LogP contribution < -0.4 is 4.90 Å². The molecule has 0 bridgehead atoms. The number of aliphatic carboxylic acids is 1. The van der Waals surface area contributed by atoms with Gasteiger partial charge in [0.2, 0.25) is 0 Å². The first-order valence-corrected chi connectivity index (χ1v) is 11.2. The zero-order valence-corrected chi connectivity index (χ0v) is 17.9. The SMILES string of the molecule is O=C(O)CC[C@H]1CN(Cc2cccnc2)CC[C@H]1N1CCN(c2ccccc2F)CC1. The van der Waals surface area contributed by atoms with Gasteiger partial charge in [-0.15, -0.1) is 0 Å². The standard InChI is InChI=1S/C24H31FN4O2/c25-21-5-1-2-6-23(21)29-14-12-28(13-15-29)22-9-11-27(17-19-4-3-10-26-16-19)18-20(22)7-8-24(30)31/h1-6,10,16,20,22H,7-9,11-15,17-18H2,(H,30,31)/t20-,22+/m0/s1. The van der Waals surface area contributed by atoms with Crippen LogP contribution in [0.3, 0.4) is 0 Å². The van der Waals surface area contributed by atoms with Crippen molar-refractivity contribution in [2.75, 3.05) is 44.2 Å². The van der Waals surface area contributed by atoms with Crippen molar-refractivity contribution in [2.24, 2.45) is 5.92 Å². The van der Waals surface area contributed by atoms with Crippen LogP contribution >= 0.6 is 0 Å². The number of benzene rings is 1. The van der Waals surface area contributed by atoms with Gasteiger partial charge in [-0.25, -0.2) is 4.39 Å². The predicted octanol–water partition coefficient (Wildman–Crippen LogP) is 3.10. The first-order chi connectivity index (χ1) is 15.1. The Hall–Kier alpha value is -2.51. The van der Waals surface area contributed by atoms with E-state index in [9.17, 15) is 14.3 Å². The summed E-state index contributed by atoms with van der Waals surface area (Å²) in [4.78, 5) is 22.5. The van der Waals surface area contributed by atoms with Gasteiger partial charge in [0.25, 0.3) is 0 Å². The lowest BCUT2D eigenvalue weighted by atomic mass is 9.86. The van der Waals surface area contributed by atoms with Crippen LogP contribution in [0, 0.1) is 11.7 Å². The zero-order chi connectivity index (χ0) is 21.6. The van der Waals surface area contributed by atoms with Crippen LogP contribution in [0.1, 0.15) is 24.8 Å². The van der Waals surface area contributed by atoms with Gasteiger partial charge in [-0.1, -0.05) is 18.2 Å². The van der Waals surface area contributed by atoms with E-state index < -0.39 is 5.97 Å². The monoisotopic (exact) mass is 426 g/mol. The second kappa shape index (κ2) is 10.2. The molecule has 1 aromatic heterocycles. The third kappa shape index (κ3) is 5.60. The summed E-state index contributed by atoms with van der Waals surface area (Å²) in [6.45, 7) is 6.10. The van der Waals surface area contributed by atoms with Gasteiger partial charge in [0.15, 0.2) is 0 Å². The van der Waals surface area contributed by atoms with Crippen molar-refractivity contribution in [2.45, 2.75) is 31.8 Å². The van der Waals surface area contributed by atoms with Gasteiger partial charge in [0, 0.05) is 64.1 Å². The molecule has 0 radical (unpaired) electrons. The molecule has 0 spiro atoms. The number of likely N-dealkylation sites (tertiary alicyclic amines) is 1. The third-order valence-corrected chi connectivity index (χ3v) is 6.61. The van der Waals surface area contributed by atoms with Gasteiger partial charge in [-0.3, -0.25) is 19.6 Å². The number of carboxylic acid groups (broad SMARTS) is 1. The lowest BCUT2D eigenvalue weighted by molar-refractivity contribution is -0.137. The van der Waals surface area contributed by atoms with Crippen molar-refractivity contribution in [3.05, 3.63) is 60.2 Å². The molecule has 2 atom stereocenters. The number of nitrogens with zero attached hydrogens (tertiary/aromatic N) is 4. The van der Waals surface area contributed by atoms with E-state index in [-0.39, 0.29) is 12.2 Å². The number of pyridine rings is 1. The van der Waals surface area contributed by atoms with Crippen LogP contribution in [0.4, 0.5) is 10.1 Å². The van der Waals surface area contributed by atoms with Gasteiger partial charge in [0.05, 0.1) is 5.69 Å². The van der Waals surface area contributed by atoms with Gasteiger partial charge in [-0.2, -0.15) is 0 Å². The first kappa shape index (κ1) is 21.7. The number of halogens is 1. The highest BCUT2D eigenvalue weighted by Gasteiger charge is 2.35. The minimum Gasteiger partial charge on any atom is -0.481 e. The van der Waals surface area contributed by atoms with Crippen LogP contribution in [0.15, 0.2) is 48.8 Å². The molecule has 2 aliphatic heterocycles. The highest BCUT2D eigenvalue weighted by molar-refractivity contribution is 5.66. The van der Waals surface area contributed by atoms with Crippen LogP contribution in [-0.4, -0.2) is 71.2 Å². The number of aromatic nitrogens is 1. The van der Waals surface area contributed by atoms with Crippen LogP contribution in [-0.2, 0) is 11.3 Å². The highest BCUT2D eigenvalue weighted by atomic mass is 19.1. The van der Waals surface area contributed by atoms with Gasteiger partial charge in [-0.05, 0) is 49.1 Å². The van der Waals surface area contributed by atoms with E-state index in [1.54, 1.807) is 12.3 Å². The number of carbonyl (C=O) groups is 1. The molecule has 0 saturated carbocycles. The van der Waals surface area contributed by atoms with Crippen LogP contribution in [0.5, 0.6) is 0 Å². The third-order valence-electron chi connectivity index (χ3n) is 6.61. The molecule has 0 amide bonds. The van der Waals surface area contributed by atoms with E-state index >= 15 is 0 Å². The first-order valence-electron chi connectivity index (χ1n) is 11.2. The van der Waals surface area contributed by atoms with E-state index in [2.05, 4.69) is 25.8 Å². The molecule has 4 rings (SSSR count). The fourth-order valence-corrected chi connectivity index (χ4v) is 5.06. The molecule has 31 heavy (non-hydrogen) atoms. The maximum absolute atomic E-state index is 14.2. The number of hydrogen-bond acceptors (Lipinski definition) is 5. The Balaban J connectivity index is 1.38. The summed E-state index contributed by atoms with van der Waals surface area (Å²) in [5, 5.41) is 9.25. The summed E-state index contributed by atoms with van der Waals surface area (Å²) in [5.74, 6) is -0.576. The lowest BCUT2D eigenvalue weighted by Gasteiger charge is -2.47. The van der Waals surface area contributed by atoms with Gasteiger partial charge in [0.1, 0.15) is 5.82 Å². The Morgan fingerprint density at radius 3 is 2.61 bits per heavy atom. The molecule has 3 heterocycles. The minimum absolute atomic E-state index is 0.168. The normalized spacial score (nSPS) is 23.1. The molecule has 166 valence electrons. The molecular formula is C24H31FN4O2. The lowest BCUT2D eigenvalue weighted by Crippen LogP contribution is -2.56. The zero-order valence-electron chi connectivity index (χ0n) is 17.9. The fraction of sp³-hybridized carbons (Fsp3) is 0.500. The van der Waals surface area contributed by atoms with E-state index in [1.807, 2.05) is 24.4 Å². The molecule has 0 unspecified atom stereocenters. The second-order valence-corrected chi connectivity index (χ2v) is 8.62. The maximum atomic E-state index is 14.2.